The Balaban J connectivity index is 1.75. The predicted octanol–water partition coefficient (Wildman–Crippen LogP) is 7.28. The summed E-state index contributed by atoms with van der Waals surface area (Å²) < 4.78 is 23.3. The summed E-state index contributed by atoms with van der Waals surface area (Å²) in [7, 11) is 0. The van der Waals surface area contributed by atoms with E-state index < -0.39 is 11.6 Å². The second kappa shape index (κ2) is 12.1. The average molecular weight is 600 g/mol. The van der Waals surface area contributed by atoms with E-state index in [0.717, 1.165) is 25.8 Å². The van der Waals surface area contributed by atoms with Crippen LogP contribution in [0.25, 0.3) is 0 Å². The Hall–Kier alpha value is -2.06. The van der Waals surface area contributed by atoms with Crippen LogP contribution in [-0.2, 0) is 27.1 Å². The lowest BCUT2D eigenvalue weighted by Crippen LogP contribution is -2.25. The molecule has 2 aromatic carbocycles. The third kappa shape index (κ3) is 9.66. The summed E-state index contributed by atoms with van der Waals surface area (Å²) in [5.74, 6) is 0.925. The molecule has 186 valence electrons. The molecule has 0 radical (unpaired) electrons. The van der Waals surface area contributed by atoms with Gasteiger partial charge in [-0.05, 0) is 76.9 Å². The highest BCUT2D eigenvalue weighted by Crippen LogP contribution is 2.27. The first-order valence-electron chi connectivity index (χ1n) is 11.0. The van der Waals surface area contributed by atoms with Crippen molar-refractivity contribution in [3.05, 3.63) is 56.5 Å². The molecule has 0 saturated carbocycles. The zero-order valence-electron chi connectivity index (χ0n) is 20.5. The summed E-state index contributed by atoms with van der Waals surface area (Å²) in [5, 5.41) is 0. The normalized spacial score (nSPS) is 11.6. The van der Waals surface area contributed by atoms with E-state index in [4.69, 9.17) is 18.9 Å². The first kappa shape index (κ1) is 28.2. The van der Waals surface area contributed by atoms with E-state index in [0.29, 0.717) is 18.6 Å². The van der Waals surface area contributed by atoms with Gasteiger partial charge in [0.15, 0.2) is 0 Å². The highest BCUT2D eigenvalue weighted by Gasteiger charge is 2.24. The fraction of sp³-hybridized carbons (Fsp3) is 0.462. The van der Waals surface area contributed by atoms with Gasteiger partial charge in [-0.1, -0.05) is 44.0 Å². The van der Waals surface area contributed by atoms with Crippen LogP contribution < -0.4 is 9.47 Å². The van der Waals surface area contributed by atoms with Gasteiger partial charge in [-0.2, -0.15) is 0 Å². The predicted molar refractivity (Wildman–Crippen MR) is 138 cm³/mol. The van der Waals surface area contributed by atoms with E-state index in [1.165, 1.54) is 0 Å². The van der Waals surface area contributed by atoms with Gasteiger partial charge in [0.05, 0.1) is 18.6 Å². The van der Waals surface area contributed by atoms with E-state index in [-0.39, 0.29) is 24.8 Å². The largest absolute Gasteiger partial charge is 0.508 e. The van der Waals surface area contributed by atoms with Crippen molar-refractivity contribution in [1.82, 2.24) is 0 Å². The van der Waals surface area contributed by atoms with Crippen molar-refractivity contribution >= 4 is 44.0 Å². The van der Waals surface area contributed by atoms with Crippen molar-refractivity contribution in [2.45, 2.75) is 60.0 Å². The zero-order chi connectivity index (χ0) is 25.5. The Morgan fingerprint density at radius 3 is 1.68 bits per heavy atom. The van der Waals surface area contributed by atoms with Crippen LogP contribution in [0.3, 0.4) is 0 Å². The van der Waals surface area contributed by atoms with Crippen LogP contribution in [0.2, 0.25) is 0 Å². The standard InChI is InChI=1S/C26H32Br2O6/c1-25(2,3)23(29)33-19-9-7-17(21(27)15-19)11-13-31-24(30)32-14-12-18-8-10-20(16-22(18)28)34-26(4,5)6/h7-10,15-16H,11-14H2,1-6H3. The van der Waals surface area contributed by atoms with Gasteiger partial charge in [-0.15, -0.1) is 0 Å². The topological polar surface area (TPSA) is 71.1 Å². The second-order valence-electron chi connectivity index (χ2n) is 9.81. The minimum absolute atomic E-state index is 0.168. The summed E-state index contributed by atoms with van der Waals surface area (Å²) in [4.78, 5) is 23.9. The molecule has 0 heterocycles. The molecule has 0 unspecified atom stereocenters. The van der Waals surface area contributed by atoms with Crippen LogP contribution in [0.5, 0.6) is 11.5 Å². The number of hydrogen-bond acceptors (Lipinski definition) is 6. The Morgan fingerprint density at radius 1 is 0.765 bits per heavy atom. The number of hydrogen-bond donors (Lipinski definition) is 0. The minimum Gasteiger partial charge on any atom is -0.488 e. The number of carbonyl (C=O) groups excluding carboxylic acids is 2. The Bertz CT molecular complexity index is 1010. The lowest BCUT2D eigenvalue weighted by atomic mass is 9.97. The fourth-order valence-corrected chi connectivity index (χ4v) is 3.84. The Kier molecular flexibility index (Phi) is 10.0. The van der Waals surface area contributed by atoms with Crippen molar-refractivity contribution in [2.75, 3.05) is 13.2 Å². The van der Waals surface area contributed by atoms with Crippen LogP contribution in [0.4, 0.5) is 4.79 Å². The van der Waals surface area contributed by atoms with Gasteiger partial charge in [0.1, 0.15) is 17.1 Å². The molecule has 2 aromatic rings. The average Bonchev–Trinajstić information content (AvgIpc) is 2.69. The number of carbonyl (C=O) groups is 2. The molecule has 0 N–H and O–H groups in total. The molecule has 34 heavy (non-hydrogen) atoms. The van der Waals surface area contributed by atoms with Crippen LogP contribution in [-0.4, -0.2) is 30.9 Å². The molecule has 0 amide bonds. The summed E-state index contributed by atoms with van der Waals surface area (Å²) in [6.45, 7) is 11.7. The van der Waals surface area contributed by atoms with Crippen molar-refractivity contribution in [2.24, 2.45) is 5.41 Å². The summed E-state index contributed by atoms with van der Waals surface area (Å²) in [5.41, 5.74) is 1.07. The maximum Gasteiger partial charge on any atom is 0.508 e. The minimum atomic E-state index is -0.712. The molecular weight excluding hydrogens is 568 g/mol. The Morgan fingerprint density at radius 2 is 1.24 bits per heavy atom. The van der Waals surface area contributed by atoms with Gasteiger partial charge in [-0.25, -0.2) is 4.79 Å². The first-order chi connectivity index (χ1) is 15.7. The molecule has 0 spiro atoms. The third-order valence-electron chi connectivity index (χ3n) is 4.48. The number of ether oxygens (including phenoxy) is 4. The zero-order valence-corrected chi connectivity index (χ0v) is 23.7. The van der Waals surface area contributed by atoms with E-state index in [2.05, 4.69) is 31.9 Å². The lowest BCUT2D eigenvalue weighted by molar-refractivity contribution is -0.143. The van der Waals surface area contributed by atoms with Crippen molar-refractivity contribution in [1.29, 1.82) is 0 Å². The Labute approximate surface area is 218 Å². The molecule has 0 bridgehead atoms. The van der Waals surface area contributed by atoms with Gasteiger partial charge in [0, 0.05) is 21.8 Å². The maximum atomic E-state index is 12.0. The van der Waals surface area contributed by atoms with Crippen LogP contribution in [0, 0.1) is 5.41 Å². The molecular formula is C26H32Br2O6. The number of benzene rings is 2. The molecule has 2 rings (SSSR count). The smallest absolute Gasteiger partial charge is 0.488 e. The molecule has 0 aliphatic heterocycles. The molecule has 0 aliphatic carbocycles. The number of rotatable bonds is 8. The molecule has 0 fully saturated rings. The monoisotopic (exact) mass is 598 g/mol. The van der Waals surface area contributed by atoms with Crippen molar-refractivity contribution in [3.63, 3.8) is 0 Å². The van der Waals surface area contributed by atoms with Crippen molar-refractivity contribution in [3.8, 4) is 11.5 Å². The molecule has 0 atom stereocenters. The maximum absolute atomic E-state index is 12.0. The van der Waals surface area contributed by atoms with Gasteiger partial charge < -0.3 is 18.9 Å². The van der Waals surface area contributed by atoms with Gasteiger partial charge in [0.25, 0.3) is 0 Å². The van der Waals surface area contributed by atoms with Crippen LogP contribution in [0.15, 0.2) is 45.3 Å². The summed E-state index contributed by atoms with van der Waals surface area (Å²) >= 11 is 7.01. The van der Waals surface area contributed by atoms with E-state index in [9.17, 15) is 9.59 Å². The van der Waals surface area contributed by atoms with E-state index >= 15 is 0 Å². The third-order valence-corrected chi connectivity index (χ3v) is 5.96. The molecule has 8 heteroatoms. The highest BCUT2D eigenvalue weighted by molar-refractivity contribution is 9.10. The molecule has 0 aromatic heterocycles. The second-order valence-corrected chi connectivity index (χ2v) is 11.5. The fourth-order valence-electron chi connectivity index (χ4n) is 2.73. The summed E-state index contributed by atoms with van der Waals surface area (Å²) in [6, 6.07) is 11.0. The van der Waals surface area contributed by atoms with Crippen LogP contribution in [0.1, 0.15) is 52.7 Å². The quantitative estimate of drug-likeness (QED) is 0.234. The SMILES string of the molecule is CC(C)(C)Oc1ccc(CCOC(=O)OCCc2ccc(OC(=O)C(C)(C)C)cc2Br)c(Br)c1. The van der Waals surface area contributed by atoms with Gasteiger partial charge in [-0.3, -0.25) is 4.79 Å². The number of halogens is 2. The molecule has 6 nitrogen and oxygen atoms in total. The van der Waals surface area contributed by atoms with Crippen molar-refractivity contribution < 1.29 is 28.5 Å². The van der Waals surface area contributed by atoms with Gasteiger partial charge >= 0.3 is 12.1 Å². The van der Waals surface area contributed by atoms with Gasteiger partial charge in [0.2, 0.25) is 0 Å². The van der Waals surface area contributed by atoms with E-state index in [1.807, 2.05) is 45.0 Å². The highest BCUT2D eigenvalue weighted by atomic mass is 79.9. The number of esters is 1. The first-order valence-corrected chi connectivity index (χ1v) is 12.6. The summed E-state index contributed by atoms with van der Waals surface area (Å²) in [6.07, 6.45) is 0.325. The van der Waals surface area contributed by atoms with Crippen LogP contribution >= 0.6 is 31.9 Å². The molecule has 0 saturated heterocycles. The van der Waals surface area contributed by atoms with E-state index in [1.54, 1.807) is 32.9 Å². The lowest BCUT2D eigenvalue weighted by Gasteiger charge is -2.21. The molecule has 0 aliphatic rings.